The Balaban J connectivity index is 1.81. The van der Waals surface area contributed by atoms with Crippen molar-refractivity contribution in [3.8, 4) is 0 Å². The minimum Gasteiger partial charge on any atom is -0.368 e. The van der Waals surface area contributed by atoms with Gasteiger partial charge in [-0.25, -0.2) is 4.39 Å². The van der Waals surface area contributed by atoms with Crippen molar-refractivity contribution in [1.29, 1.82) is 0 Å². The Morgan fingerprint density at radius 2 is 1.67 bits per heavy atom. The van der Waals surface area contributed by atoms with Crippen LogP contribution in [0.4, 0.5) is 10.1 Å². The lowest BCUT2D eigenvalue weighted by Gasteiger charge is -2.39. The van der Waals surface area contributed by atoms with Crippen LogP contribution in [0.25, 0.3) is 0 Å². The van der Waals surface area contributed by atoms with E-state index >= 15 is 0 Å². The molecule has 0 aromatic heterocycles. The molecule has 0 bridgehead atoms. The molecule has 0 aliphatic carbocycles. The number of nitrogens with zero attached hydrogens (tertiary/aromatic N) is 2. The maximum absolute atomic E-state index is 14.2. The Hall–Kier alpha value is -2.45. The summed E-state index contributed by atoms with van der Waals surface area (Å²) in [5.41, 5.74) is 12.2. The van der Waals surface area contributed by atoms with E-state index in [0.29, 0.717) is 36.3 Å². The van der Waals surface area contributed by atoms with Crippen LogP contribution in [0.1, 0.15) is 22.0 Å². The zero-order valence-corrected chi connectivity index (χ0v) is 16.2. The molecule has 2 aromatic rings. The van der Waals surface area contributed by atoms with Crippen LogP contribution in [0, 0.1) is 5.82 Å². The number of amides is 2. The minimum atomic E-state index is -0.809. The highest BCUT2D eigenvalue weighted by Crippen LogP contribution is 2.30. The van der Waals surface area contributed by atoms with Gasteiger partial charge in [-0.2, -0.15) is 0 Å². The molecule has 0 radical (unpaired) electrons. The van der Waals surface area contributed by atoms with E-state index in [1.807, 2.05) is 40.1 Å². The highest BCUT2D eigenvalue weighted by molar-refractivity contribution is 9.10. The first-order valence-electron chi connectivity index (χ1n) is 8.50. The number of piperazine rings is 1. The van der Waals surface area contributed by atoms with Crippen LogP contribution in [-0.4, -0.2) is 42.9 Å². The summed E-state index contributed by atoms with van der Waals surface area (Å²) >= 11 is 3.26. The molecule has 142 valence electrons. The molecule has 1 atom stereocenters. The summed E-state index contributed by atoms with van der Waals surface area (Å²) in [5.74, 6) is -1.88. The molecule has 1 fully saturated rings. The van der Waals surface area contributed by atoms with Crippen LogP contribution in [0.5, 0.6) is 0 Å². The second-order valence-corrected chi connectivity index (χ2v) is 7.30. The molecule has 0 saturated carbocycles. The topological polar surface area (TPSA) is 92.7 Å². The highest BCUT2D eigenvalue weighted by atomic mass is 79.9. The SMILES string of the molecule is NC(=O)c1c(F)cc(Br)cc1N1CCN(C(C(N)=O)c2ccccc2)CC1. The van der Waals surface area contributed by atoms with E-state index in [9.17, 15) is 14.0 Å². The third-order valence-electron chi connectivity index (χ3n) is 4.69. The summed E-state index contributed by atoms with van der Waals surface area (Å²) in [7, 11) is 0. The average Bonchev–Trinajstić information content (AvgIpc) is 2.62. The third kappa shape index (κ3) is 4.12. The van der Waals surface area contributed by atoms with Gasteiger partial charge in [0, 0.05) is 30.7 Å². The van der Waals surface area contributed by atoms with Gasteiger partial charge in [0.1, 0.15) is 11.9 Å². The van der Waals surface area contributed by atoms with Gasteiger partial charge in [-0.15, -0.1) is 0 Å². The molecule has 1 heterocycles. The lowest BCUT2D eigenvalue weighted by Crippen LogP contribution is -2.50. The molecule has 1 aliphatic heterocycles. The average molecular weight is 435 g/mol. The fraction of sp³-hybridized carbons (Fsp3) is 0.263. The summed E-state index contributed by atoms with van der Waals surface area (Å²) < 4.78 is 14.7. The number of benzene rings is 2. The molecule has 8 heteroatoms. The number of carbonyl (C=O) groups is 2. The lowest BCUT2D eigenvalue weighted by molar-refractivity contribution is -0.123. The number of rotatable bonds is 5. The van der Waals surface area contributed by atoms with Crippen molar-refractivity contribution < 1.29 is 14.0 Å². The molecule has 27 heavy (non-hydrogen) atoms. The van der Waals surface area contributed by atoms with Crippen molar-refractivity contribution in [2.24, 2.45) is 11.5 Å². The fourth-order valence-electron chi connectivity index (χ4n) is 3.46. The van der Waals surface area contributed by atoms with E-state index in [1.54, 1.807) is 6.07 Å². The first-order valence-corrected chi connectivity index (χ1v) is 9.30. The standard InChI is InChI=1S/C19H20BrFN4O2/c20-13-10-14(21)16(18(22)26)15(11-13)24-6-8-25(9-7-24)17(19(23)27)12-4-2-1-3-5-12/h1-5,10-11,17H,6-9H2,(H2,22,26)(H2,23,27). The van der Waals surface area contributed by atoms with Crippen molar-refractivity contribution in [3.05, 3.63) is 63.9 Å². The number of anilines is 1. The molecule has 3 rings (SSSR count). The van der Waals surface area contributed by atoms with Gasteiger partial charge < -0.3 is 16.4 Å². The Morgan fingerprint density at radius 1 is 1.04 bits per heavy atom. The molecular formula is C19H20BrFN4O2. The fourth-order valence-corrected chi connectivity index (χ4v) is 3.88. The molecule has 4 N–H and O–H groups in total. The molecule has 0 spiro atoms. The van der Waals surface area contributed by atoms with Crippen molar-refractivity contribution in [2.45, 2.75) is 6.04 Å². The Kier molecular flexibility index (Phi) is 5.76. The van der Waals surface area contributed by atoms with Crippen LogP contribution in [0.3, 0.4) is 0 Å². The van der Waals surface area contributed by atoms with Crippen molar-refractivity contribution in [2.75, 3.05) is 31.1 Å². The predicted molar refractivity (Wildman–Crippen MR) is 105 cm³/mol. The van der Waals surface area contributed by atoms with Crippen molar-refractivity contribution >= 4 is 33.4 Å². The van der Waals surface area contributed by atoms with Gasteiger partial charge in [0.15, 0.2) is 0 Å². The van der Waals surface area contributed by atoms with Gasteiger partial charge in [0.05, 0.1) is 11.3 Å². The summed E-state index contributed by atoms with van der Waals surface area (Å²) in [4.78, 5) is 27.6. The summed E-state index contributed by atoms with van der Waals surface area (Å²) in [5, 5.41) is 0. The highest BCUT2D eigenvalue weighted by Gasteiger charge is 2.30. The summed E-state index contributed by atoms with van der Waals surface area (Å²) in [6, 6.07) is 11.7. The normalized spacial score (nSPS) is 16.1. The van der Waals surface area contributed by atoms with Gasteiger partial charge in [-0.1, -0.05) is 46.3 Å². The zero-order chi connectivity index (χ0) is 19.6. The minimum absolute atomic E-state index is 0.124. The molecule has 1 saturated heterocycles. The van der Waals surface area contributed by atoms with E-state index in [1.165, 1.54) is 6.07 Å². The first-order chi connectivity index (χ1) is 12.9. The summed E-state index contributed by atoms with van der Waals surface area (Å²) in [6.07, 6.45) is 0. The molecule has 1 unspecified atom stereocenters. The van der Waals surface area contributed by atoms with E-state index < -0.39 is 23.7 Å². The van der Waals surface area contributed by atoms with E-state index in [4.69, 9.17) is 11.5 Å². The number of primary amides is 2. The van der Waals surface area contributed by atoms with Crippen LogP contribution in [-0.2, 0) is 4.79 Å². The number of hydrogen-bond acceptors (Lipinski definition) is 4. The zero-order valence-electron chi connectivity index (χ0n) is 14.6. The van der Waals surface area contributed by atoms with E-state index in [2.05, 4.69) is 15.9 Å². The van der Waals surface area contributed by atoms with Gasteiger partial charge in [-0.3, -0.25) is 14.5 Å². The third-order valence-corrected chi connectivity index (χ3v) is 5.14. The van der Waals surface area contributed by atoms with E-state index in [0.717, 1.165) is 5.56 Å². The number of halogens is 2. The quantitative estimate of drug-likeness (QED) is 0.752. The van der Waals surface area contributed by atoms with Crippen molar-refractivity contribution in [1.82, 2.24) is 4.90 Å². The molecule has 1 aliphatic rings. The second kappa shape index (κ2) is 8.06. The molecule has 2 aromatic carbocycles. The van der Waals surface area contributed by atoms with Crippen LogP contribution in [0.2, 0.25) is 0 Å². The van der Waals surface area contributed by atoms with Crippen LogP contribution >= 0.6 is 15.9 Å². The van der Waals surface area contributed by atoms with Gasteiger partial charge >= 0.3 is 0 Å². The number of nitrogens with two attached hydrogens (primary N) is 2. The maximum Gasteiger partial charge on any atom is 0.253 e. The van der Waals surface area contributed by atoms with Crippen LogP contribution < -0.4 is 16.4 Å². The first kappa shape index (κ1) is 19.3. The van der Waals surface area contributed by atoms with Gasteiger partial charge in [-0.05, 0) is 17.7 Å². The summed E-state index contributed by atoms with van der Waals surface area (Å²) in [6.45, 7) is 2.09. The van der Waals surface area contributed by atoms with E-state index in [-0.39, 0.29) is 5.56 Å². The largest absolute Gasteiger partial charge is 0.368 e. The molecule has 2 amide bonds. The van der Waals surface area contributed by atoms with Gasteiger partial charge in [0.25, 0.3) is 5.91 Å². The second-order valence-electron chi connectivity index (χ2n) is 6.38. The Bertz CT molecular complexity index is 854. The van der Waals surface area contributed by atoms with Gasteiger partial charge in [0.2, 0.25) is 5.91 Å². The molecular weight excluding hydrogens is 415 g/mol. The number of hydrogen-bond donors (Lipinski definition) is 2. The van der Waals surface area contributed by atoms with Crippen molar-refractivity contribution in [3.63, 3.8) is 0 Å². The van der Waals surface area contributed by atoms with Crippen LogP contribution in [0.15, 0.2) is 46.9 Å². The number of carbonyl (C=O) groups excluding carboxylic acids is 2. The maximum atomic E-state index is 14.2. The molecule has 6 nitrogen and oxygen atoms in total. The lowest BCUT2D eigenvalue weighted by atomic mass is 10.0. The predicted octanol–water partition coefficient (Wildman–Crippen LogP) is 2.04. The monoisotopic (exact) mass is 434 g/mol. The Morgan fingerprint density at radius 3 is 2.22 bits per heavy atom. The smallest absolute Gasteiger partial charge is 0.253 e. The Labute approximate surface area is 165 Å².